The SMILES string of the molecule is CC[C@H](C)[C@@H]([C@@H](CC(=O)N1CCC[C@H]1[C@H](OC)[C@@H](C)C(=O)C[C@@H](Cc1ccncc1)C(=O)NCc1ccc(C)cc1)OC)N(C)C(=O)[C@@H](CC(=O)[C@H](C(C)C)N(C)C)C(C)C. The summed E-state index contributed by atoms with van der Waals surface area (Å²) < 4.78 is 12.2. The highest BCUT2D eigenvalue weighted by Gasteiger charge is 2.43. The first-order valence-corrected chi connectivity index (χ1v) is 22.4. The molecule has 3 rings (SSSR count). The van der Waals surface area contributed by atoms with Gasteiger partial charge in [-0.25, -0.2) is 0 Å². The molecule has 0 unspecified atom stereocenters. The van der Waals surface area contributed by atoms with Crippen LogP contribution < -0.4 is 5.32 Å². The summed E-state index contributed by atoms with van der Waals surface area (Å²) in [5, 5.41) is 3.05. The third-order valence-corrected chi connectivity index (χ3v) is 13.1. The Morgan fingerprint density at radius 3 is 2.02 bits per heavy atom. The number of hydrogen-bond acceptors (Lipinski definition) is 9. The van der Waals surface area contributed by atoms with Crippen molar-refractivity contribution in [2.24, 2.45) is 35.5 Å². The maximum Gasteiger partial charge on any atom is 0.226 e. The van der Waals surface area contributed by atoms with Gasteiger partial charge in [-0.2, -0.15) is 0 Å². The van der Waals surface area contributed by atoms with Gasteiger partial charge in [0.15, 0.2) is 5.78 Å². The van der Waals surface area contributed by atoms with E-state index in [4.69, 9.17) is 9.47 Å². The van der Waals surface area contributed by atoms with Gasteiger partial charge in [-0.3, -0.25) is 33.9 Å². The lowest BCUT2D eigenvalue weighted by Crippen LogP contribution is -2.54. The lowest BCUT2D eigenvalue weighted by atomic mass is 9.83. The zero-order chi connectivity index (χ0) is 45.6. The number of methoxy groups -OCH3 is 2. The topological polar surface area (TPSA) is 138 Å². The van der Waals surface area contributed by atoms with Gasteiger partial charge in [0.2, 0.25) is 17.7 Å². The van der Waals surface area contributed by atoms with Crippen molar-refractivity contribution >= 4 is 29.3 Å². The molecule has 0 aliphatic carbocycles. The largest absolute Gasteiger partial charge is 0.379 e. The fourth-order valence-electron chi connectivity index (χ4n) is 9.33. The minimum Gasteiger partial charge on any atom is -0.379 e. The molecular weight excluding hydrogens is 771 g/mol. The molecule has 2 heterocycles. The van der Waals surface area contributed by atoms with Gasteiger partial charge in [-0.1, -0.05) is 84.7 Å². The maximum atomic E-state index is 14.4. The zero-order valence-corrected chi connectivity index (χ0v) is 39.5. The Balaban J connectivity index is 1.79. The van der Waals surface area contributed by atoms with Crippen LogP contribution in [0.4, 0.5) is 0 Å². The van der Waals surface area contributed by atoms with E-state index in [1.807, 2.05) is 102 Å². The molecule has 1 aromatic carbocycles. The number of Topliss-reactive ketones (excluding diaryl/α,β-unsaturated/α-hetero) is 2. The van der Waals surface area contributed by atoms with Crippen molar-refractivity contribution in [1.29, 1.82) is 0 Å². The molecule has 12 heteroatoms. The fraction of sp³-hybridized carbons (Fsp3) is 0.673. The third kappa shape index (κ3) is 14.3. The summed E-state index contributed by atoms with van der Waals surface area (Å²) in [6.07, 6.45) is 4.90. The Kier molecular flexibility index (Phi) is 20.7. The number of carbonyl (C=O) groups is 5. The highest BCUT2D eigenvalue weighted by Crippen LogP contribution is 2.32. The Morgan fingerprint density at radius 2 is 1.48 bits per heavy atom. The summed E-state index contributed by atoms with van der Waals surface area (Å²) in [4.78, 5) is 79.9. The molecule has 1 saturated heterocycles. The van der Waals surface area contributed by atoms with E-state index in [0.717, 1.165) is 29.5 Å². The highest BCUT2D eigenvalue weighted by molar-refractivity contribution is 5.90. The second-order valence-corrected chi connectivity index (χ2v) is 18.4. The van der Waals surface area contributed by atoms with Crippen LogP contribution in [-0.4, -0.2) is 121 Å². The van der Waals surface area contributed by atoms with Gasteiger partial charge in [0.1, 0.15) is 5.78 Å². The van der Waals surface area contributed by atoms with Crippen molar-refractivity contribution in [1.82, 2.24) is 25.0 Å². The van der Waals surface area contributed by atoms with Gasteiger partial charge >= 0.3 is 0 Å². The Hall–Kier alpha value is -4.00. The Labute approximate surface area is 366 Å². The van der Waals surface area contributed by atoms with Gasteiger partial charge in [-0.05, 0) is 81.3 Å². The third-order valence-electron chi connectivity index (χ3n) is 13.1. The lowest BCUT2D eigenvalue weighted by Gasteiger charge is -2.41. The number of aromatic nitrogens is 1. The van der Waals surface area contributed by atoms with Gasteiger partial charge < -0.3 is 24.6 Å². The summed E-state index contributed by atoms with van der Waals surface area (Å²) in [6.45, 7) is 16.8. The number of rotatable bonds is 25. The number of amides is 3. The summed E-state index contributed by atoms with van der Waals surface area (Å²) in [6, 6.07) is 10.6. The summed E-state index contributed by atoms with van der Waals surface area (Å²) >= 11 is 0. The smallest absolute Gasteiger partial charge is 0.226 e. The molecule has 61 heavy (non-hydrogen) atoms. The molecule has 0 saturated carbocycles. The molecule has 0 bridgehead atoms. The van der Waals surface area contributed by atoms with Crippen LogP contribution in [0.1, 0.15) is 104 Å². The Bertz CT molecular complexity index is 1690. The maximum absolute atomic E-state index is 14.4. The first-order chi connectivity index (χ1) is 28.9. The molecule has 1 aliphatic heterocycles. The van der Waals surface area contributed by atoms with Crippen LogP contribution in [0, 0.1) is 42.4 Å². The molecular formula is C49H77N5O7. The first kappa shape index (κ1) is 51.4. The monoisotopic (exact) mass is 848 g/mol. The number of nitrogens with zero attached hydrogens (tertiary/aromatic N) is 4. The molecule has 12 nitrogen and oxygen atoms in total. The molecule has 1 fully saturated rings. The predicted octanol–water partition coefficient (Wildman–Crippen LogP) is 6.56. The van der Waals surface area contributed by atoms with E-state index < -0.39 is 36.0 Å². The van der Waals surface area contributed by atoms with E-state index in [2.05, 4.69) is 24.1 Å². The standard InChI is InChI=1S/C49H77N5O7/c1-14-34(7)46(53(11)49(59)39(31(2)3)28-42(56)45(32(4)5)52(9)10)43(60-12)29-44(57)54-25-15-16-40(54)47(61-13)35(8)41(55)27-38(26-36-21-23-50-24-22-36)48(58)51-30-37-19-17-33(6)18-20-37/h17-24,31-32,34-35,38-40,43,45-47H,14-16,25-30H2,1-13H3,(H,51,58)/t34-,35-,38+,39-,40-,43+,45-,46-,47+/m0/s1. The van der Waals surface area contributed by atoms with Crippen molar-refractivity contribution in [2.45, 2.75) is 137 Å². The second-order valence-electron chi connectivity index (χ2n) is 18.4. The minimum absolute atomic E-state index is 0.00618. The number of ketones is 2. The number of nitrogens with one attached hydrogen (secondary N) is 1. The van der Waals surface area contributed by atoms with Crippen LogP contribution in [0.25, 0.3) is 0 Å². The number of carbonyl (C=O) groups excluding carboxylic acids is 5. The van der Waals surface area contributed by atoms with E-state index in [1.54, 1.807) is 38.6 Å². The summed E-state index contributed by atoms with van der Waals surface area (Å²) in [5.41, 5.74) is 3.02. The minimum atomic E-state index is -0.612. The molecule has 9 atom stereocenters. The molecule has 0 radical (unpaired) electrons. The average molecular weight is 848 g/mol. The second kappa shape index (κ2) is 24.6. The number of benzene rings is 1. The van der Waals surface area contributed by atoms with Crippen LogP contribution in [0.5, 0.6) is 0 Å². The molecule has 340 valence electrons. The molecule has 3 amide bonds. The van der Waals surface area contributed by atoms with E-state index in [9.17, 15) is 24.0 Å². The molecule has 0 spiro atoms. The normalized spacial score (nSPS) is 18.3. The number of likely N-dealkylation sites (N-methyl/N-ethyl adjacent to an activating group) is 2. The predicted molar refractivity (Wildman–Crippen MR) is 240 cm³/mol. The van der Waals surface area contributed by atoms with Crippen molar-refractivity contribution in [2.75, 3.05) is 41.9 Å². The van der Waals surface area contributed by atoms with Crippen LogP contribution in [-0.2, 0) is 46.4 Å². The fourth-order valence-corrected chi connectivity index (χ4v) is 9.33. The van der Waals surface area contributed by atoms with Gasteiger partial charge in [-0.15, -0.1) is 0 Å². The highest BCUT2D eigenvalue weighted by atomic mass is 16.5. The van der Waals surface area contributed by atoms with E-state index in [-0.39, 0.29) is 78.4 Å². The molecule has 1 aliphatic rings. The van der Waals surface area contributed by atoms with Crippen molar-refractivity contribution in [3.05, 3.63) is 65.5 Å². The van der Waals surface area contributed by atoms with Crippen molar-refractivity contribution in [3.8, 4) is 0 Å². The number of likely N-dealkylation sites (tertiary alicyclic amines) is 1. The first-order valence-electron chi connectivity index (χ1n) is 22.4. The quantitative estimate of drug-likeness (QED) is 0.118. The number of aryl methyl sites for hydroxylation is 1. The van der Waals surface area contributed by atoms with Crippen LogP contribution in [0.3, 0.4) is 0 Å². The Morgan fingerprint density at radius 1 is 0.836 bits per heavy atom. The van der Waals surface area contributed by atoms with Crippen molar-refractivity contribution < 1.29 is 33.4 Å². The number of hydrogen-bond donors (Lipinski definition) is 1. The van der Waals surface area contributed by atoms with E-state index in [0.29, 0.717) is 25.9 Å². The van der Waals surface area contributed by atoms with Gasteiger partial charge in [0.05, 0.1) is 36.8 Å². The van der Waals surface area contributed by atoms with E-state index >= 15 is 0 Å². The zero-order valence-electron chi connectivity index (χ0n) is 39.5. The van der Waals surface area contributed by atoms with Crippen LogP contribution in [0.15, 0.2) is 48.8 Å². The molecule has 1 aromatic heterocycles. The number of ether oxygens (including phenoxy) is 2. The molecule has 1 N–H and O–H groups in total. The van der Waals surface area contributed by atoms with Crippen molar-refractivity contribution in [3.63, 3.8) is 0 Å². The van der Waals surface area contributed by atoms with E-state index in [1.165, 1.54) is 0 Å². The van der Waals surface area contributed by atoms with Crippen LogP contribution in [0.2, 0.25) is 0 Å². The van der Waals surface area contributed by atoms with Gasteiger partial charge in [0.25, 0.3) is 0 Å². The van der Waals surface area contributed by atoms with Crippen LogP contribution >= 0.6 is 0 Å². The average Bonchev–Trinajstić information content (AvgIpc) is 3.71. The summed E-state index contributed by atoms with van der Waals surface area (Å²) in [7, 11) is 8.73. The number of pyridine rings is 1. The van der Waals surface area contributed by atoms with Gasteiger partial charge in [0, 0.05) is 77.3 Å². The summed E-state index contributed by atoms with van der Waals surface area (Å²) in [5.74, 6) is -2.22. The lowest BCUT2D eigenvalue weighted by molar-refractivity contribution is -0.149. The molecule has 2 aromatic rings.